The first-order chi connectivity index (χ1) is 24.7. The van der Waals surface area contributed by atoms with Gasteiger partial charge in [-0.05, 0) is 111 Å². The van der Waals surface area contributed by atoms with E-state index in [-0.39, 0.29) is 0 Å². The molecule has 7 heteroatoms. The van der Waals surface area contributed by atoms with E-state index in [4.69, 9.17) is 22.9 Å². The van der Waals surface area contributed by atoms with Crippen LogP contribution < -0.4 is 22.9 Å². The van der Waals surface area contributed by atoms with Crippen LogP contribution in [0.1, 0.15) is 40.9 Å². The number of benzene rings is 8. The Morgan fingerprint density at radius 1 is 0.373 bits per heavy atom. The fourth-order valence-corrected chi connectivity index (χ4v) is 7.35. The number of aliphatic hydroxyl groups is 3. The van der Waals surface area contributed by atoms with Crippen molar-refractivity contribution in [3.63, 3.8) is 0 Å². The molecule has 0 aromatic heterocycles. The third-order valence-electron chi connectivity index (χ3n) is 10.1. The van der Waals surface area contributed by atoms with E-state index in [0.29, 0.717) is 23.2 Å². The van der Waals surface area contributed by atoms with Crippen molar-refractivity contribution in [3.05, 3.63) is 156 Å². The van der Waals surface area contributed by atoms with Gasteiger partial charge in [0.2, 0.25) is 0 Å². The number of aliphatic hydroxyl groups excluding tert-OH is 3. The highest BCUT2D eigenvalue weighted by atomic mass is 16.3. The van der Waals surface area contributed by atoms with Crippen LogP contribution in [0.15, 0.2) is 133 Å². The van der Waals surface area contributed by atoms with Crippen LogP contribution in [0.25, 0.3) is 76.8 Å². The summed E-state index contributed by atoms with van der Waals surface area (Å²) in [6, 6.07) is 44.9. The monoisotopic (exact) mass is 670 g/mol. The quantitative estimate of drug-likeness (QED) is 0.0647. The van der Waals surface area contributed by atoms with Crippen molar-refractivity contribution in [3.8, 4) is 44.5 Å². The highest BCUT2D eigenvalue weighted by Crippen LogP contribution is 2.48. The lowest BCUT2D eigenvalue weighted by Gasteiger charge is -2.22. The molecule has 51 heavy (non-hydrogen) atoms. The molecular weight excluding hydrogens is 633 g/mol. The maximum Gasteiger partial charge on any atom is 0.128 e. The zero-order chi connectivity index (χ0) is 35.4. The lowest BCUT2D eigenvalue weighted by molar-refractivity contribution is 0.186. The predicted octanol–water partition coefficient (Wildman–Crippen LogP) is 7.56. The lowest BCUT2D eigenvalue weighted by atomic mass is 9.81. The molecule has 0 bridgehead atoms. The maximum atomic E-state index is 10.0. The molecule has 7 nitrogen and oxygen atoms in total. The van der Waals surface area contributed by atoms with Crippen molar-refractivity contribution in [2.24, 2.45) is 22.9 Å². The molecule has 0 aliphatic carbocycles. The van der Waals surface area contributed by atoms with Crippen molar-refractivity contribution in [2.75, 3.05) is 0 Å². The summed E-state index contributed by atoms with van der Waals surface area (Å²) in [5.41, 5.74) is 34.6. The molecule has 3 unspecified atom stereocenters. The minimum atomic E-state index is -1.06. The summed E-state index contributed by atoms with van der Waals surface area (Å²) in [6.07, 6.45) is -3.19. The van der Waals surface area contributed by atoms with Gasteiger partial charge in [0.05, 0.1) is 0 Å². The van der Waals surface area contributed by atoms with Crippen LogP contribution in [-0.2, 0) is 6.54 Å². The number of rotatable bonds is 8. The summed E-state index contributed by atoms with van der Waals surface area (Å²) in [7, 11) is 0. The molecule has 11 N–H and O–H groups in total. The van der Waals surface area contributed by atoms with Gasteiger partial charge < -0.3 is 38.3 Å². The molecule has 0 saturated carbocycles. The van der Waals surface area contributed by atoms with Gasteiger partial charge in [0.15, 0.2) is 0 Å². The third kappa shape index (κ3) is 5.73. The molecular formula is C44H38N4O3. The Morgan fingerprint density at radius 2 is 0.627 bits per heavy atom. The van der Waals surface area contributed by atoms with Crippen molar-refractivity contribution >= 4 is 32.3 Å². The second-order valence-corrected chi connectivity index (χ2v) is 13.1. The molecule has 0 aliphatic heterocycles. The Kier molecular flexibility index (Phi) is 8.34. The van der Waals surface area contributed by atoms with Crippen molar-refractivity contribution in [1.29, 1.82) is 0 Å². The van der Waals surface area contributed by atoms with E-state index in [1.54, 1.807) is 0 Å². The predicted molar refractivity (Wildman–Crippen MR) is 207 cm³/mol. The van der Waals surface area contributed by atoms with Crippen LogP contribution in [-0.4, -0.2) is 15.3 Å². The van der Waals surface area contributed by atoms with Crippen LogP contribution in [0.4, 0.5) is 0 Å². The second kappa shape index (κ2) is 13.0. The minimum absolute atomic E-state index is 0.464. The molecule has 252 valence electrons. The zero-order valence-electron chi connectivity index (χ0n) is 27.8. The Bertz CT molecular complexity index is 2440. The van der Waals surface area contributed by atoms with E-state index in [9.17, 15) is 15.3 Å². The second-order valence-electron chi connectivity index (χ2n) is 13.1. The van der Waals surface area contributed by atoms with Crippen LogP contribution in [0.3, 0.4) is 0 Å². The summed E-state index contributed by atoms with van der Waals surface area (Å²) in [5, 5.41) is 36.7. The number of nitrogens with two attached hydrogens (primary N) is 4. The molecule has 0 heterocycles. The van der Waals surface area contributed by atoms with Gasteiger partial charge in [0, 0.05) is 6.54 Å². The fraction of sp³-hybridized carbons (Fsp3) is 0.0909. The van der Waals surface area contributed by atoms with Gasteiger partial charge in [0.25, 0.3) is 0 Å². The standard InChI is InChI=1S/C44H38N4O3/c45-23-24-1-3-25(4-2-24)36-21-37(26-5-11-29(12-6-26)42(46)49)33-19-20-35-39(28-9-15-31(16-10-28)44(48)51)22-38(27-7-13-30(14-8-27)43(47)50)34-18-17-32(36)40(33)41(34)35/h1-22,42-44,49-51H,23,45-48H2. The highest BCUT2D eigenvalue weighted by molar-refractivity contribution is 6.31. The SMILES string of the molecule is NCc1ccc(-c2cc(-c3ccc(C(N)O)cc3)c3ccc4c(-c5ccc(C(N)O)cc5)cc(-c5ccc(C(N)O)cc5)c5ccc2c3c54)cc1. The molecule has 8 rings (SSSR count). The molecule has 0 radical (unpaired) electrons. The Hall–Kier alpha value is -5.48. The van der Waals surface area contributed by atoms with E-state index < -0.39 is 18.7 Å². The smallest absolute Gasteiger partial charge is 0.128 e. The molecule has 8 aromatic rings. The first kappa shape index (κ1) is 32.7. The van der Waals surface area contributed by atoms with E-state index in [0.717, 1.165) is 82.4 Å². The lowest BCUT2D eigenvalue weighted by Crippen LogP contribution is -2.08. The normalized spacial score (nSPS) is 13.6. The Morgan fingerprint density at radius 3 is 0.863 bits per heavy atom. The van der Waals surface area contributed by atoms with Crippen LogP contribution in [0.2, 0.25) is 0 Å². The summed E-state index contributed by atoms with van der Waals surface area (Å²) >= 11 is 0. The molecule has 0 spiro atoms. The highest BCUT2D eigenvalue weighted by Gasteiger charge is 2.21. The molecule has 0 saturated heterocycles. The molecule has 3 atom stereocenters. The van der Waals surface area contributed by atoms with Gasteiger partial charge in [-0.3, -0.25) is 0 Å². The van der Waals surface area contributed by atoms with E-state index in [1.165, 1.54) is 0 Å². The fourth-order valence-electron chi connectivity index (χ4n) is 7.35. The molecule has 0 amide bonds. The third-order valence-corrected chi connectivity index (χ3v) is 10.1. The van der Waals surface area contributed by atoms with Gasteiger partial charge in [0.1, 0.15) is 18.7 Å². The van der Waals surface area contributed by atoms with Gasteiger partial charge in [-0.25, -0.2) is 0 Å². The Balaban J connectivity index is 1.49. The number of hydrogen-bond donors (Lipinski definition) is 7. The largest absolute Gasteiger partial charge is 0.375 e. The van der Waals surface area contributed by atoms with E-state index in [1.807, 2.05) is 72.8 Å². The number of hydrogen-bond acceptors (Lipinski definition) is 7. The minimum Gasteiger partial charge on any atom is -0.375 e. The zero-order valence-corrected chi connectivity index (χ0v) is 27.8. The van der Waals surface area contributed by atoms with Crippen LogP contribution in [0.5, 0.6) is 0 Å². The van der Waals surface area contributed by atoms with E-state index in [2.05, 4.69) is 60.7 Å². The van der Waals surface area contributed by atoms with E-state index >= 15 is 0 Å². The molecule has 0 fully saturated rings. The van der Waals surface area contributed by atoms with Crippen molar-refractivity contribution in [1.82, 2.24) is 0 Å². The van der Waals surface area contributed by atoms with Gasteiger partial charge in [-0.2, -0.15) is 0 Å². The maximum absolute atomic E-state index is 10.0. The summed E-state index contributed by atoms with van der Waals surface area (Å²) < 4.78 is 0. The first-order valence-corrected chi connectivity index (χ1v) is 16.9. The van der Waals surface area contributed by atoms with Gasteiger partial charge in [-0.1, -0.05) is 121 Å². The van der Waals surface area contributed by atoms with Gasteiger partial charge >= 0.3 is 0 Å². The molecule has 8 aromatic carbocycles. The summed E-state index contributed by atoms with van der Waals surface area (Å²) in [4.78, 5) is 0. The van der Waals surface area contributed by atoms with Crippen molar-refractivity contribution < 1.29 is 15.3 Å². The molecule has 0 aliphatic rings. The van der Waals surface area contributed by atoms with Crippen LogP contribution in [0, 0.1) is 0 Å². The van der Waals surface area contributed by atoms with Gasteiger partial charge in [-0.15, -0.1) is 0 Å². The summed E-state index contributed by atoms with van der Waals surface area (Å²) in [6.45, 7) is 0.464. The van der Waals surface area contributed by atoms with Crippen molar-refractivity contribution in [2.45, 2.75) is 25.2 Å². The first-order valence-electron chi connectivity index (χ1n) is 16.9. The average molecular weight is 671 g/mol. The summed E-state index contributed by atoms with van der Waals surface area (Å²) in [5.74, 6) is 0. The topological polar surface area (TPSA) is 165 Å². The Labute approximate surface area is 295 Å². The van der Waals surface area contributed by atoms with Crippen LogP contribution >= 0.6 is 0 Å². The average Bonchev–Trinajstić information content (AvgIpc) is 3.16.